The highest BCUT2D eigenvalue weighted by Gasteiger charge is 2.33. The van der Waals surface area contributed by atoms with Crippen molar-refractivity contribution in [2.75, 3.05) is 13.6 Å². The van der Waals surface area contributed by atoms with E-state index in [0.717, 1.165) is 30.3 Å². The van der Waals surface area contributed by atoms with Crippen molar-refractivity contribution in [1.82, 2.24) is 5.32 Å². The van der Waals surface area contributed by atoms with Crippen LogP contribution in [-0.4, -0.2) is 13.6 Å². The lowest BCUT2D eigenvalue weighted by atomic mass is 10.1. The second kappa shape index (κ2) is 5.28. The Morgan fingerprint density at radius 3 is 2.72 bits per heavy atom. The summed E-state index contributed by atoms with van der Waals surface area (Å²) in [5.74, 6) is 0. The zero-order chi connectivity index (χ0) is 13.2. The minimum absolute atomic E-state index is 0.351. The van der Waals surface area contributed by atoms with Crippen molar-refractivity contribution >= 4 is 21.4 Å². The molecular weight excluding hydrogens is 259 g/mol. The van der Waals surface area contributed by atoms with Crippen LogP contribution in [-0.2, 0) is 12.6 Å². The van der Waals surface area contributed by atoms with E-state index in [0.29, 0.717) is 10.1 Å². The lowest BCUT2D eigenvalue weighted by Gasteiger charge is -2.06. The topological polar surface area (TPSA) is 12.0 Å². The van der Waals surface area contributed by atoms with Crippen LogP contribution in [0.15, 0.2) is 24.3 Å². The molecule has 0 spiro atoms. The molecule has 0 fully saturated rings. The zero-order valence-corrected chi connectivity index (χ0v) is 10.8. The largest absolute Gasteiger partial charge is 0.417 e. The molecule has 0 aliphatic heterocycles. The van der Waals surface area contributed by atoms with E-state index in [1.807, 2.05) is 13.1 Å². The van der Waals surface area contributed by atoms with E-state index >= 15 is 0 Å². The van der Waals surface area contributed by atoms with Gasteiger partial charge >= 0.3 is 6.18 Å². The summed E-state index contributed by atoms with van der Waals surface area (Å²) in [5, 5.41) is 3.72. The van der Waals surface area contributed by atoms with Crippen molar-refractivity contribution in [3.8, 4) is 0 Å². The first kappa shape index (κ1) is 13.4. The highest BCUT2D eigenvalue weighted by atomic mass is 32.1. The Morgan fingerprint density at radius 1 is 1.28 bits per heavy atom. The van der Waals surface area contributed by atoms with Crippen molar-refractivity contribution in [2.45, 2.75) is 19.0 Å². The standard InChI is InChI=1S/C13H14F3NS/c1-17-7-3-5-10-8-9-4-2-6-11(12(9)18-10)13(14,15)16/h2,4,6,8,17H,3,5,7H2,1H3. The molecule has 0 saturated carbocycles. The number of nitrogens with one attached hydrogen (secondary N) is 1. The van der Waals surface area contributed by atoms with Crippen LogP contribution < -0.4 is 5.32 Å². The molecule has 2 aromatic rings. The fraction of sp³-hybridized carbons (Fsp3) is 0.385. The summed E-state index contributed by atoms with van der Waals surface area (Å²) in [6, 6.07) is 6.22. The normalized spacial score (nSPS) is 12.2. The van der Waals surface area contributed by atoms with Crippen LogP contribution in [0.3, 0.4) is 0 Å². The van der Waals surface area contributed by atoms with Crippen molar-refractivity contribution in [3.63, 3.8) is 0 Å². The third-order valence-electron chi connectivity index (χ3n) is 2.75. The Kier molecular flexibility index (Phi) is 3.92. The zero-order valence-electron chi connectivity index (χ0n) is 9.97. The number of alkyl halides is 3. The molecule has 0 saturated heterocycles. The van der Waals surface area contributed by atoms with E-state index in [9.17, 15) is 13.2 Å². The smallest absolute Gasteiger partial charge is 0.320 e. The maximum Gasteiger partial charge on any atom is 0.417 e. The molecule has 0 amide bonds. The molecule has 18 heavy (non-hydrogen) atoms. The second-order valence-electron chi connectivity index (χ2n) is 4.14. The molecule has 0 unspecified atom stereocenters. The Morgan fingerprint density at radius 2 is 2.06 bits per heavy atom. The third-order valence-corrected chi connectivity index (χ3v) is 3.99. The number of aryl methyl sites for hydroxylation is 1. The molecule has 2 rings (SSSR count). The summed E-state index contributed by atoms with van der Waals surface area (Å²) >= 11 is 1.25. The van der Waals surface area contributed by atoms with Gasteiger partial charge in [-0.25, -0.2) is 0 Å². The molecule has 5 heteroatoms. The lowest BCUT2D eigenvalue weighted by molar-refractivity contribution is -0.136. The first-order valence-electron chi connectivity index (χ1n) is 5.75. The van der Waals surface area contributed by atoms with Crippen LogP contribution in [0.2, 0.25) is 0 Å². The summed E-state index contributed by atoms with van der Waals surface area (Å²) in [6.07, 6.45) is -2.52. The highest BCUT2D eigenvalue weighted by molar-refractivity contribution is 7.19. The Balaban J connectivity index is 2.33. The first-order valence-corrected chi connectivity index (χ1v) is 6.57. The molecule has 0 radical (unpaired) electrons. The second-order valence-corrected chi connectivity index (χ2v) is 5.28. The van der Waals surface area contributed by atoms with Crippen LogP contribution in [0.5, 0.6) is 0 Å². The number of rotatable bonds is 4. The van der Waals surface area contributed by atoms with Crippen molar-refractivity contribution in [1.29, 1.82) is 0 Å². The molecule has 0 aliphatic rings. The lowest BCUT2D eigenvalue weighted by Crippen LogP contribution is -2.07. The van der Waals surface area contributed by atoms with Gasteiger partial charge in [-0.2, -0.15) is 13.2 Å². The fourth-order valence-electron chi connectivity index (χ4n) is 1.90. The molecular formula is C13H14F3NS. The number of hydrogen-bond acceptors (Lipinski definition) is 2. The van der Waals surface area contributed by atoms with Gasteiger partial charge in [-0.05, 0) is 44.0 Å². The molecule has 1 nitrogen and oxygen atoms in total. The van der Waals surface area contributed by atoms with Gasteiger partial charge in [0, 0.05) is 9.58 Å². The predicted molar refractivity (Wildman–Crippen MR) is 69.1 cm³/mol. The van der Waals surface area contributed by atoms with E-state index in [4.69, 9.17) is 0 Å². The SMILES string of the molecule is CNCCCc1cc2cccc(C(F)(F)F)c2s1. The maximum absolute atomic E-state index is 12.8. The van der Waals surface area contributed by atoms with E-state index in [-0.39, 0.29) is 0 Å². The van der Waals surface area contributed by atoms with Gasteiger partial charge in [0.2, 0.25) is 0 Å². The van der Waals surface area contributed by atoms with E-state index in [2.05, 4.69) is 5.32 Å². The van der Waals surface area contributed by atoms with Gasteiger partial charge in [0.05, 0.1) is 5.56 Å². The monoisotopic (exact) mass is 273 g/mol. The minimum atomic E-state index is -4.27. The van der Waals surface area contributed by atoms with Crippen LogP contribution in [0, 0.1) is 0 Å². The van der Waals surface area contributed by atoms with Crippen LogP contribution >= 0.6 is 11.3 Å². The molecule has 1 aromatic carbocycles. The van der Waals surface area contributed by atoms with Crippen LogP contribution in [0.25, 0.3) is 10.1 Å². The summed E-state index contributed by atoms with van der Waals surface area (Å²) < 4.78 is 38.8. The number of benzene rings is 1. The molecule has 1 N–H and O–H groups in total. The number of fused-ring (bicyclic) bond motifs is 1. The predicted octanol–water partition coefficient (Wildman–Crippen LogP) is 4.07. The minimum Gasteiger partial charge on any atom is -0.320 e. The first-order chi connectivity index (χ1) is 8.52. The summed E-state index contributed by atoms with van der Waals surface area (Å²) in [7, 11) is 1.87. The van der Waals surface area contributed by atoms with Crippen molar-refractivity contribution in [3.05, 3.63) is 34.7 Å². The highest BCUT2D eigenvalue weighted by Crippen LogP contribution is 2.38. The Labute approximate surface area is 108 Å². The van der Waals surface area contributed by atoms with Gasteiger partial charge in [0.25, 0.3) is 0 Å². The quantitative estimate of drug-likeness (QED) is 0.828. The van der Waals surface area contributed by atoms with Crippen molar-refractivity contribution < 1.29 is 13.2 Å². The van der Waals surface area contributed by atoms with Gasteiger partial charge in [0.15, 0.2) is 0 Å². The average molecular weight is 273 g/mol. The van der Waals surface area contributed by atoms with E-state index in [1.54, 1.807) is 6.07 Å². The van der Waals surface area contributed by atoms with Crippen molar-refractivity contribution in [2.24, 2.45) is 0 Å². The molecule has 1 heterocycles. The number of hydrogen-bond donors (Lipinski definition) is 1. The summed E-state index contributed by atoms with van der Waals surface area (Å²) in [4.78, 5) is 1.01. The number of thiophene rings is 1. The summed E-state index contributed by atoms with van der Waals surface area (Å²) in [5.41, 5.74) is -0.523. The van der Waals surface area contributed by atoms with E-state index in [1.165, 1.54) is 17.4 Å². The average Bonchev–Trinajstić information content (AvgIpc) is 2.70. The number of halogens is 3. The Hall–Kier alpha value is -1.07. The van der Waals surface area contributed by atoms with Crippen LogP contribution in [0.1, 0.15) is 16.9 Å². The Bertz CT molecular complexity index is 531. The van der Waals surface area contributed by atoms with Gasteiger partial charge in [-0.15, -0.1) is 11.3 Å². The molecule has 98 valence electrons. The molecule has 0 aliphatic carbocycles. The third kappa shape index (κ3) is 2.84. The van der Waals surface area contributed by atoms with Gasteiger partial charge in [0.1, 0.15) is 0 Å². The molecule has 0 bridgehead atoms. The maximum atomic E-state index is 12.8. The van der Waals surface area contributed by atoms with Crippen LogP contribution in [0.4, 0.5) is 13.2 Å². The summed E-state index contributed by atoms with van der Waals surface area (Å²) in [6.45, 7) is 0.875. The molecule has 1 aromatic heterocycles. The fourth-order valence-corrected chi connectivity index (χ4v) is 3.14. The molecule has 0 atom stereocenters. The van der Waals surface area contributed by atoms with Gasteiger partial charge in [-0.3, -0.25) is 0 Å². The van der Waals surface area contributed by atoms with Gasteiger partial charge < -0.3 is 5.32 Å². The van der Waals surface area contributed by atoms with Gasteiger partial charge in [-0.1, -0.05) is 12.1 Å². The van der Waals surface area contributed by atoms with E-state index < -0.39 is 11.7 Å².